The Bertz CT molecular complexity index is 1350. The van der Waals surface area contributed by atoms with E-state index in [0.717, 1.165) is 0 Å². The molecule has 2 saturated heterocycles. The number of esters is 3. The van der Waals surface area contributed by atoms with Crippen molar-refractivity contribution in [2.24, 2.45) is 39.9 Å². The molecule has 2 aliphatic carbocycles. The Hall–Kier alpha value is -3.34. The molecule has 43 heavy (non-hydrogen) atoms. The summed E-state index contributed by atoms with van der Waals surface area (Å²) in [6.45, 7) is 10.2. The molecule has 10 atom stereocenters. The van der Waals surface area contributed by atoms with E-state index in [-0.39, 0.29) is 31.5 Å². The van der Waals surface area contributed by atoms with Gasteiger partial charge in [-0.3, -0.25) is 24.0 Å². The van der Waals surface area contributed by atoms with Gasteiger partial charge in [0.1, 0.15) is 23.6 Å². The number of fused-ring (bicyclic) bond motifs is 3. The Kier molecular flexibility index (Phi) is 7.51. The van der Waals surface area contributed by atoms with Crippen molar-refractivity contribution in [3.63, 3.8) is 0 Å². The molecule has 2 bridgehead atoms. The highest BCUT2D eigenvalue weighted by atomic mass is 16.6. The number of hydrogen-bond acceptors (Lipinski definition) is 11. The lowest BCUT2D eigenvalue weighted by molar-refractivity contribution is -0.208. The molecular weight excluding hydrogens is 560 g/mol. The molecule has 1 aromatic heterocycles. The fourth-order valence-electron chi connectivity index (χ4n) is 9.37. The standard InChI is InChI=1S/C32H40O11/c1-8-18(35)22-24-30(5,26(41-16(2)34)17-10-12-40-14-17)11-9-19(32(24,15-33)43-27(22)37)31(6)20(36)13-21-29(3,4)25(31)23(42-21)28(38)39-7/h10,12,14-15,19,21-26H,8-9,11,13H2,1-7H3/t19-,21+,22+,23-,24-,25-,26+,30+,31-,32-/m1/s1. The minimum Gasteiger partial charge on any atom is -0.472 e. The van der Waals surface area contributed by atoms with Gasteiger partial charge in [0.15, 0.2) is 18.0 Å². The van der Waals surface area contributed by atoms with Crippen LogP contribution in [0.1, 0.15) is 78.9 Å². The van der Waals surface area contributed by atoms with Gasteiger partial charge in [-0.15, -0.1) is 0 Å². The molecule has 11 nitrogen and oxygen atoms in total. The van der Waals surface area contributed by atoms with E-state index in [9.17, 15) is 28.8 Å². The lowest BCUT2D eigenvalue weighted by atomic mass is 9.42. The maximum absolute atomic E-state index is 14.2. The van der Waals surface area contributed by atoms with Crippen molar-refractivity contribution in [2.45, 2.75) is 91.1 Å². The molecule has 2 saturated carbocycles. The summed E-state index contributed by atoms with van der Waals surface area (Å²) in [4.78, 5) is 80.5. The van der Waals surface area contributed by atoms with E-state index in [1.54, 1.807) is 26.8 Å². The van der Waals surface area contributed by atoms with Gasteiger partial charge >= 0.3 is 17.9 Å². The summed E-state index contributed by atoms with van der Waals surface area (Å²) in [7, 11) is 1.25. The van der Waals surface area contributed by atoms with E-state index < -0.39 is 87.5 Å². The normalized spacial score (nSPS) is 40.3. The summed E-state index contributed by atoms with van der Waals surface area (Å²) in [6.07, 6.45) is 1.23. The number of methoxy groups -OCH3 is 1. The zero-order valence-electron chi connectivity index (χ0n) is 25.7. The second-order valence-electron chi connectivity index (χ2n) is 13.6. The summed E-state index contributed by atoms with van der Waals surface area (Å²) in [5, 5.41) is 0. The Morgan fingerprint density at radius 3 is 2.40 bits per heavy atom. The van der Waals surface area contributed by atoms with Crippen LogP contribution in [0.2, 0.25) is 0 Å². The molecule has 234 valence electrons. The van der Waals surface area contributed by atoms with Crippen LogP contribution < -0.4 is 0 Å². The molecular formula is C32H40O11. The number of ether oxygens (including phenoxy) is 4. The Morgan fingerprint density at radius 1 is 1.14 bits per heavy atom. The number of hydrogen-bond donors (Lipinski definition) is 0. The van der Waals surface area contributed by atoms with Crippen LogP contribution in [0, 0.1) is 39.9 Å². The maximum atomic E-state index is 14.2. The van der Waals surface area contributed by atoms with Crippen molar-refractivity contribution in [3.05, 3.63) is 24.2 Å². The van der Waals surface area contributed by atoms with Crippen molar-refractivity contribution in [1.82, 2.24) is 0 Å². The topological polar surface area (TPSA) is 152 Å². The monoisotopic (exact) mass is 600 g/mol. The van der Waals surface area contributed by atoms with Crippen LogP contribution in [0.4, 0.5) is 0 Å². The average molecular weight is 601 g/mol. The molecule has 0 spiro atoms. The van der Waals surface area contributed by atoms with Gasteiger partial charge in [-0.05, 0) is 24.3 Å². The highest BCUT2D eigenvalue weighted by Gasteiger charge is 2.77. The first-order valence-electron chi connectivity index (χ1n) is 14.8. The number of rotatable bonds is 8. The lowest BCUT2D eigenvalue weighted by Crippen LogP contribution is -2.67. The third-order valence-corrected chi connectivity index (χ3v) is 11.2. The van der Waals surface area contributed by atoms with E-state index in [0.29, 0.717) is 11.8 Å². The third kappa shape index (κ3) is 4.17. The Labute approximate surface area is 250 Å². The fourth-order valence-corrected chi connectivity index (χ4v) is 9.37. The minimum absolute atomic E-state index is 0.00167. The quantitative estimate of drug-likeness (QED) is 0.186. The van der Waals surface area contributed by atoms with Crippen LogP contribution in [0.25, 0.3) is 0 Å². The van der Waals surface area contributed by atoms with Crippen LogP contribution in [-0.2, 0) is 47.7 Å². The summed E-state index contributed by atoms with van der Waals surface area (Å²) in [5.41, 5.74) is -4.68. The van der Waals surface area contributed by atoms with Crippen LogP contribution >= 0.6 is 0 Å². The van der Waals surface area contributed by atoms with Crippen molar-refractivity contribution in [3.8, 4) is 0 Å². The van der Waals surface area contributed by atoms with Crippen molar-refractivity contribution in [2.75, 3.05) is 7.11 Å². The van der Waals surface area contributed by atoms with Crippen LogP contribution in [-0.4, -0.2) is 60.7 Å². The number of carbonyl (C=O) groups is 6. The van der Waals surface area contributed by atoms with Gasteiger partial charge in [0.05, 0.1) is 25.7 Å². The number of furan rings is 1. The van der Waals surface area contributed by atoms with Gasteiger partial charge in [-0.25, -0.2) is 4.79 Å². The predicted octanol–water partition coefficient (Wildman–Crippen LogP) is 3.57. The van der Waals surface area contributed by atoms with Crippen LogP contribution in [0.15, 0.2) is 23.0 Å². The molecule has 3 heterocycles. The molecule has 0 amide bonds. The zero-order chi connectivity index (χ0) is 31.7. The van der Waals surface area contributed by atoms with E-state index in [4.69, 9.17) is 23.4 Å². The second-order valence-corrected chi connectivity index (χ2v) is 13.6. The number of carbonyl (C=O) groups excluding carboxylic acids is 6. The van der Waals surface area contributed by atoms with E-state index in [1.807, 2.05) is 13.8 Å². The molecule has 0 radical (unpaired) electrons. The number of aldehydes is 1. The maximum Gasteiger partial charge on any atom is 0.335 e. The summed E-state index contributed by atoms with van der Waals surface area (Å²) < 4.78 is 28.5. The summed E-state index contributed by atoms with van der Waals surface area (Å²) in [6, 6.07) is 1.63. The highest BCUT2D eigenvalue weighted by molar-refractivity contribution is 6.03. The van der Waals surface area contributed by atoms with Crippen LogP contribution in [0.5, 0.6) is 0 Å². The lowest BCUT2D eigenvalue weighted by Gasteiger charge is -2.60. The third-order valence-electron chi connectivity index (χ3n) is 11.2. The first-order valence-corrected chi connectivity index (χ1v) is 14.8. The highest BCUT2D eigenvalue weighted by Crippen LogP contribution is 2.69. The molecule has 1 aromatic rings. The minimum atomic E-state index is -1.95. The predicted molar refractivity (Wildman–Crippen MR) is 147 cm³/mol. The van der Waals surface area contributed by atoms with Gasteiger partial charge < -0.3 is 23.4 Å². The van der Waals surface area contributed by atoms with Gasteiger partial charge in [-0.2, -0.15) is 0 Å². The summed E-state index contributed by atoms with van der Waals surface area (Å²) >= 11 is 0. The first kappa shape index (κ1) is 31.1. The largest absolute Gasteiger partial charge is 0.472 e. The van der Waals surface area contributed by atoms with Gasteiger partial charge in [0.25, 0.3) is 0 Å². The van der Waals surface area contributed by atoms with Gasteiger partial charge in [0.2, 0.25) is 0 Å². The first-order chi connectivity index (χ1) is 20.1. The van der Waals surface area contributed by atoms with E-state index >= 15 is 0 Å². The van der Waals surface area contributed by atoms with E-state index in [1.165, 1.54) is 26.6 Å². The van der Waals surface area contributed by atoms with E-state index in [2.05, 4.69) is 0 Å². The van der Waals surface area contributed by atoms with Gasteiger partial charge in [-0.1, -0.05) is 34.6 Å². The Morgan fingerprint density at radius 2 is 1.84 bits per heavy atom. The molecule has 4 aliphatic rings. The molecule has 5 rings (SSSR count). The number of Topliss-reactive ketones (excluding diaryl/α,β-unsaturated/α-hetero) is 2. The van der Waals surface area contributed by atoms with Crippen molar-refractivity contribution >= 4 is 35.8 Å². The molecule has 0 unspecified atom stereocenters. The number of ketones is 2. The Balaban J connectivity index is 1.74. The fraction of sp³-hybridized carbons (Fsp3) is 0.688. The average Bonchev–Trinajstić information content (AvgIpc) is 3.64. The van der Waals surface area contributed by atoms with Crippen molar-refractivity contribution in [1.29, 1.82) is 0 Å². The van der Waals surface area contributed by atoms with Gasteiger partial charge in [0, 0.05) is 53.9 Å². The molecule has 4 fully saturated rings. The SMILES string of the molecule is CCC(=O)[C@@H]1C(=O)O[C@@]2(C=O)[C@H]1[C@@](C)([C@@H](OC(C)=O)c1ccoc1)CC[C@@H]2[C@]1(C)C(=O)C[C@@H]2O[C@@H](C(=O)OC)[C@@H]1C2(C)C. The van der Waals surface area contributed by atoms with Crippen LogP contribution in [0.3, 0.4) is 0 Å². The second kappa shape index (κ2) is 10.4. The molecule has 2 aliphatic heterocycles. The van der Waals surface area contributed by atoms with Crippen molar-refractivity contribution < 1.29 is 52.1 Å². The molecule has 11 heteroatoms. The molecule has 0 N–H and O–H groups in total. The zero-order valence-corrected chi connectivity index (χ0v) is 25.7. The molecule has 0 aromatic carbocycles. The smallest absolute Gasteiger partial charge is 0.335 e. The summed E-state index contributed by atoms with van der Waals surface area (Å²) in [5.74, 6) is -6.78.